The van der Waals surface area contributed by atoms with Crippen LogP contribution in [0.25, 0.3) is 0 Å². The van der Waals surface area contributed by atoms with Gasteiger partial charge in [-0.25, -0.2) is 9.59 Å². The molecule has 8 heteroatoms. The summed E-state index contributed by atoms with van der Waals surface area (Å²) >= 11 is 6.55. The molecule has 0 bridgehead atoms. The average Bonchev–Trinajstić information content (AvgIpc) is 2.80. The lowest BCUT2D eigenvalue weighted by Crippen LogP contribution is -2.46. The van der Waals surface area contributed by atoms with E-state index in [1.54, 1.807) is 23.1 Å². The van der Waals surface area contributed by atoms with Gasteiger partial charge < -0.3 is 15.7 Å². The number of hydrogen-bond donors (Lipinski definition) is 3. The van der Waals surface area contributed by atoms with Gasteiger partial charge in [-0.3, -0.25) is 0 Å². The van der Waals surface area contributed by atoms with E-state index in [0.717, 1.165) is 15.1 Å². The van der Waals surface area contributed by atoms with Crippen molar-refractivity contribution in [2.45, 2.75) is 18.9 Å². The number of aliphatic carboxylic acids is 1. The highest BCUT2D eigenvalue weighted by Crippen LogP contribution is 2.21. The molecule has 1 heterocycles. The second-order valence-electron chi connectivity index (χ2n) is 4.03. The number of urea groups is 1. The lowest BCUT2D eigenvalue weighted by molar-refractivity contribution is -0.139. The first-order valence-corrected chi connectivity index (χ1v) is 9.03. The van der Waals surface area contributed by atoms with Crippen LogP contribution in [0.15, 0.2) is 15.9 Å². The van der Waals surface area contributed by atoms with Crippen LogP contribution >= 0.6 is 39.0 Å². The zero-order valence-electron chi connectivity index (χ0n) is 11.0. The molecule has 0 aliphatic rings. The maximum absolute atomic E-state index is 11.6. The number of halogens is 1. The summed E-state index contributed by atoms with van der Waals surface area (Å²) in [5.41, 5.74) is 0. The van der Waals surface area contributed by atoms with Gasteiger partial charge in [-0.05, 0) is 52.9 Å². The van der Waals surface area contributed by atoms with Crippen molar-refractivity contribution in [3.63, 3.8) is 0 Å². The van der Waals surface area contributed by atoms with Crippen molar-refractivity contribution in [2.75, 3.05) is 18.6 Å². The third kappa shape index (κ3) is 6.62. The molecule has 1 aromatic heterocycles. The van der Waals surface area contributed by atoms with E-state index >= 15 is 0 Å². The van der Waals surface area contributed by atoms with Gasteiger partial charge >= 0.3 is 12.0 Å². The van der Waals surface area contributed by atoms with E-state index < -0.39 is 18.0 Å². The second-order valence-corrected chi connectivity index (χ2v) is 7.56. The molecular weight excluding hydrogens is 364 g/mol. The summed E-state index contributed by atoms with van der Waals surface area (Å²) in [6.07, 6.45) is 3.05. The zero-order chi connectivity index (χ0) is 15.0. The Morgan fingerprint density at radius 1 is 1.50 bits per heavy atom. The van der Waals surface area contributed by atoms with Crippen molar-refractivity contribution in [1.82, 2.24) is 10.6 Å². The van der Waals surface area contributed by atoms with Gasteiger partial charge in [0.05, 0.1) is 3.79 Å². The summed E-state index contributed by atoms with van der Waals surface area (Å²) in [6, 6.07) is 2.68. The molecule has 0 aliphatic carbocycles. The largest absolute Gasteiger partial charge is 0.480 e. The van der Waals surface area contributed by atoms with E-state index in [2.05, 4.69) is 26.6 Å². The van der Waals surface area contributed by atoms with Crippen LogP contribution in [0.3, 0.4) is 0 Å². The van der Waals surface area contributed by atoms with Crippen molar-refractivity contribution < 1.29 is 14.7 Å². The van der Waals surface area contributed by atoms with Gasteiger partial charge in [0.25, 0.3) is 0 Å². The Bertz CT molecular complexity index is 454. The summed E-state index contributed by atoms with van der Waals surface area (Å²) in [4.78, 5) is 23.8. The molecule has 0 aromatic carbocycles. The van der Waals surface area contributed by atoms with Gasteiger partial charge in [0, 0.05) is 11.4 Å². The summed E-state index contributed by atoms with van der Waals surface area (Å²) in [6.45, 7) is 0.480. The number of carboxylic acid groups (broad SMARTS) is 1. The number of thiophene rings is 1. The van der Waals surface area contributed by atoms with Gasteiger partial charge in [-0.2, -0.15) is 11.8 Å². The molecule has 1 rings (SSSR count). The van der Waals surface area contributed by atoms with Crippen molar-refractivity contribution in [1.29, 1.82) is 0 Å². The van der Waals surface area contributed by atoms with Crippen LogP contribution < -0.4 is 10.6 Å². The Labute approximate surface area is 134 Å². The summed E-state index contributed by atoms with van der Waals surface area (Å²) in [5.74, 6) is -0.308. The first kappa shape index (κ1) is 17.3. The SMILES string of the molecule is CSCCC(NC(=O)NCCc1ccc(Br)s1)C(=O)O. The topological polar surface area (TPSA) is 78.4 Å². The predicted octanol–water partition coefficient (Wildman–Crippen LogP) is 2.56. The molecule has 0 fully saturated rings. The fourth-order valence-electron chi connectivity index (χ4n) is 1.49. The van der Waals surface area contributed by atoms with E-state index in [9.17, 15) is 9.59 Å². The summed E-state index contributed by atoms with van der Waals surface area (Å²) < 4.78 is 1.06. The molecule has 112 valence electrons. The van der Waals surface area contributed by atoms with Crippen LogP contribution in [0.2, 0.25) is 0 Å². The van der Waals surface area contributed by atoms with E-state index in [1.165, 1.54) is 0 Å². The second kappa shape index (κ2) is 9.25. The van der Waals surface area contributed by atoms with E-state index in [1.807, 2.05) is 18.4 Å². The molecule has 3 N–H and O–H groups in total. The third-order valence-electron chi connectivity index (χ3n) is 2.50. The first-order chi connectivity index (χ1) is 9.52. The monoisotopic (exact) mass is 380 g/mol. The van der Waals surface area contributed by atoms with Gasteiger partial charge in [0.1, 0.15) is 6.04 Å². The van der Waals surface area contributed by atoms with Gasteiger partial charge in [0.2, 0.25) is 0 Å². The predicted molar refractivity (Wildman–Crippen MR) is 86.7 cm³/mol. The smallest absolute Gasteiger partial charge is 0.326 e. The molecule has 0 radical (unpaired) electrons. The van der Waals surface area contributed by atoms with Crippen LogP contribution in [-0.4, -0.2) is 41.7 Å². The first-order valence-electron chi connectivity index (χ1n) is 6.03. The molecule has 20 heavy (non-hydrogen) atoms. The third-order valence-corrected chi connectivity index (χ3v) is 4.83. The lowest BCUT2D eigenvalue weighted by Gasteiger charge is -2.14. The van der Waals surface area contributed by atoms with Crippen molar-refractivity contribution >= 4 is 51.0 Å². The maximum Gasteiger partial charge on any atom is 0.326 e. The Balaban J connectivity index is 2.28. The lowest BCUT2D eigenvalue weighted by atomic mass is 10.2. The molecule has 1 aromatic rings. The molecule has 2 amide bonds. The summed E-state index contributed by atoms with van der Waals surface area (Å²) in [5, 5.41) is 14.1. The summed E-state index contributed by atoms with van der Waals surface area (Å²) in [7, 11) is 0. The molecule has 0 aliphatic heterocycles. The Morgan fingerprint density at radius 3 is 2.80 bits per heavy atom. The van der Waals surface area contributed by atoms with E-state index in [0.29, 0.717) is 18.7 Å². The molecular formula is C12H17BrN2O3S2. The van der Waals surface area contributed by atoms with E-state index in [4.69, 9.17) is 5.11 Å². The Hall–Kier alpha value is -0.730. The van der Waals surface area contributed by atoms with Crippen LogP contribution in [0, 0.1) is 0 Å². The highest BCUT2D eigenvalue weighted by atomic mass is 79.9. The quantitative estimate of drug-likeness (QED) is 0.647. The molecule has 1 atom stereocenters. The van der Waals surface area contributed by atoms with Crippen molar-refractivity contribution in [3.05, 3.63) is 20.8 Å². The number of hydrogen-bond acceptors (Lipinski definition) is 4. The minimum atomic E-state index is -1.00. The molecule has 0 saturated carbocycles. The number of carbonyl (C=O) groups is 2. The molecule has 5 nitrogen and oxygen atoms in total. The minimum Gasteiger partial charge on any atom is -0.480 e. The van der Waals surface area contributed by atoms with Gasteiger partial charge in [0.15, 0.2) is 0 Å². The highest BCUT2D eigenvalue weighted by molar-refractivity contribution is 9.11. The minimum absolute atomic E-state index is 0.418. The Kier molecular flexibility index (Phi) is 8.01. The van der Waals surface area contributed by atoms with Crippen LogP contribution in [0.4, 0.5) is 4.79 Å². The van der Waals surface area contributed by atoms with Gasteiger partial charge in [-0.1, -0.05) is 0 Å². The molecule has 1 unspecified atom stereocenters. The Morgan fingerprint density at radius 2 is 2.25 bits per heavy atom. The molecule has 0 saturated heterocycles. The normalized spacial score (nSPS) is 11.9. The standard InChI is InChI=1S/C12H17BrN2O3S2/c1-19-7-5-9(11(16)17)15-12(18)14-6-4-8-2-3-10(13)20-8/h2-3,9H,4-7H2,1H3,(H,16,17)(H2,14,15,18). The molecule has 0 spiro atoms. The zero-order valence-corrected chi connectivity index (χ0v) is 14.2. The fourth-order valence-corrected chi connectivity index (χ4v) is 3.44. The van der Waals surface area contributed by atoms with Gasteiger partial charge in [-0.15, -0.1) is 11.3 Å². The number of thioether (sulfide) groups is 1. The maximum atomic E-state index is 11.6. The van der Waals surface area contributed by atoms with Crippen molar-refractivity contribution in [3.8, 4) is 0 Å². The van der Waals surface area contributed by atoms with Crippen LogP contribution in [0.1, 0.15) is 11.3 Å². The number of amides is 2. The number of carbonyl (C=O) groups excluding carboxylic acids is 1. The number of rotatable bonds is 8. The number of nitrogens with one attached hydrogen (secondary N) is 2. The van der Waals surface area contributed by atoms with Crippen molar-refractivity contribution in [2.24, 2.45) is 0 Å². The highest BCUT2D eigenvalue weighted by Gasteiger charge is 2.18. The van der Waals surface area contributed by atoms with E-state index in [-0.39, 0.29) is 0 Å². The fraction of sp³-hybridized carbons (Fsp3) is 0.500. The average molecular weight is 381 g/mol. The van der Waals surface area contributed by atoms with Crippen LogP contribution in [-0.2, 0) is 11.2 Å². The van der Waals surface area contributed by atoms with Crippen LogP contribution in [0.5, 0.6) is 0 Å². The number of carboxylic acids is 1.